The van der Waals surface area contributed by atoms with E-state index in [0.29, 0.717) is 31.2 Å². The van der Waals surface area contributed by atoms with Gasteiger partial charge < -0.3 is 24.5 Å². The standard InChI is InChI=1S/C16H20N4O3S.C2HF3O2/c1-10-14(23-9-18-10)15(21)20-4-5-22-7-13(20)12-8-24-16(19-12)17-6-11-2-3-11;3-2(4,5)1(6)7/h8-9,11,13H,2-7H2,1H3,(H,17,19);(H,6,7). The number of aryl methyl sites for hydroxylation is 1. The highest BCUT2D eigenvalue weighted by atomic mass is 32.1. The molecular formula is C18H21F3N4O5S. The molecule has 0 spiro atoms. The smallest absolute Gasteiger partial charge is 0.475 e. The molecule has 4 rings (SSSR count). The second-order valence-electron chi connectivity index (χ2n) is 7.06. The van der Waals surface area contributed by atoms with E-state index < -0.39 is 12.1 Å². The molecule has 2 N–H and O–H groups in total. The molecule has 9 nitrogen and oxygen atoms in total. The molecule has 3 heterocycles. The Morgan fingerprint density at radius 2 is 2.10 bits per heavy atom. The number of carboxylic acids is 1. The lowest BCUT2D eigenvalue weighted by Crippen LogP contribution is -2.43. The molecule has 2 aromatic rings. The molecule has 1 saturated heterocycles. The summed E-state index contributed by atoms with van der Waals surface area (Å²) in [4.78, 5) is 32.1. The van der Waals surface area contributed by atoms with E-state index >= 15 is 0 Å². The molecule has 31 heavy (non-hydrogen) atoms. The fraction of sp³-hybridized carbons (Fsp3) is 0.556. The summed E-state index contributed by atoms with van der Waals surface area (Å²) >= 11 is 1.58. The Morgan fingerprint density at radius 3 is 2.68 bits per heavy atom. The predicted octanol–water partition coefficient (Wildman–Crippen LogP) is 3.11. The van der Waals surface area contributed by atoms with Crippen LogP contribution in [0.4, 0.5) is 18.3 Å². The number of aromatic nitrogens is 2. The lowest BCUT2D eigenvalue weighted by Gasteiger charge is -2.34. The molecule has 2 aromatic heterocycles. The number of halogens is 3. The Balaban J connectivity index is 0.000000339. The first-order chi connectivity index (χ1) is 14.7. The Morgan fingerprint density at radius 1 is 1.39 bits per heavy atom. The summed E-state index contributed by atoms with van der Waals surface area (Å²) in [6, 6.07) is -0.191. The number of anilines is 1. The number of alkyl halides is 3. The molecule has 2 fully saturated rings. The molecule has 2 aliphatic rings. The van der Waals surface area contributed by atoms with Crippen LogP contribution in [-0.2, 0) is 9.53 Å². The number of carbonyl (C=O) groups is 2. The van der Waals surface area contributed by atoms with E-state index in [0.717, 1.165) is 23.3 Å². The maximum atomic E-state index is 12.8. The number of carboxylic acid groups (broad SMARTS) is 1. The van der Waals surface area contributed by atoms with E-state index in [9.17, 15) is 18.0 Å². The molecule has 0 radical (unpaired) electrons. The summed E-state index contributed by atoms with van der Waals surface area (Å²) in [7, 11) is 0. The van der Waals surface area contributed by atoms with Crippen molar-refractivity contribution in [2.75, 3.05) is 31.6 Å². The summed E-state index contributed by atoms with van der Waals surface area (Å²) in [6.45, 7) is 4.24. The maximum Gasteiger partial charge on any atom is 0.490 e. The van der Waals surface area contributed by atoms with Crippen molar-refractivity contribution in [3.8, 4) is 0 Å². The highest BCUT2D eigenvalue weighted by Gasteiger charge is 2.38. The second-order valence-corrected chi connectivity index (χ2v) is 7.92. The topological polar surface area (TPSA) is 118 Å². The minimum Gasteiger partial charge on any atom is -0.475 e. The number of rotatable bonds is 5. The largest absolute Gasteiger partial charge is 0.490 e. The van der Waals surface area contributed by atoms with Gasteiger partial charge in [-0.1, -0.05) is 0 Å². The zero-order chi connectivity index (χ0) is 22.6. The molecule has 0 bridgehead atoms. The third-order valence-electron chi connectivity index (χ3n) is 4.67. The first-order valence-corrected chi connectivity index (χ1v) is 10.3. The lowest BCUT2D eigenvalue weighted by atomic mass is 10.1. The van der Waals surface area contributed by atoms with Crippen molar-refractivity contribution in [2.24, 2.45) is 5.92 Å². The number of nitrogens with zero attached hydrogens (tertiary/aromatic N) is 3. The summed E-state index contributed by atoms with van der Waals surface area (Å²) in [5.74, 6) is -1.82. The number of thiazole rings is 1. The molecule has 170 valence electrons. The summed E-state index contributed by atoms with van der Waals surface area (Å²) in [5.41, 5.74) is 1.47. The Hall–Kier alpha value is -2.67. The summed E-state index contributed by atoms with van der Waals surface area (Å²) in [5, 5.41) is 13.4. The summed E-state index contributed by atoms with van der Waals surface area (Å²) in [6.07, 6.45) is -1.16. The second kappa shape index (κ2) is 9.64. The first-order valence-electron chi connectivity index (χ1n) is 9.45. The van der Waals surface area contributed by atoms with E-state index in [1.807, 2.05) is 5.38 Å². The van der Waals surface area contributed by atoms with Gasteiger partial charge in [0.1, 0.15) is 0 Å². The normalized spacial score (nSPS) is 18.8. The van der Waals surface area contributed by atoms with Gasteiger partial charge in [0.15, 0.2) is 11.5 Å². The SMILES string of the molecule is Cc1ncoc1C(=O)N1CCOCC1c1csc(NCC2CC2)n1.O=C(O)C(F)(F)F. The quantitative estimate of drug-likeness (QED) is 0.696. The van der Waals surface area contributed by atoms with Crippen LogP contribution >= 0.6 is 11.3 Å². The van der Waals surface area contributed by atoms with Gasteiger partial charge in [-0.25, -0.2) is 14.8 Å². The van der Waals surface area contributed by atoms with Crippen LogP contribution in [-0.4, -0.2) is 64.3 Å². The van der Waals surface area contributed by atoms with Gasteiger partial charge in [-0.3, -0.25) is 4.79 Å². The van der Waals surface area contributed by atoms with E-state index in [4.69, 9.17) is 19.1 Å². The van der Waals surface area contributed by atoms with Gasteiger partial charge in [0, 0.05) is 18.5 Å². The van der Waals surface area contributed by atoms with Crippen LogP contribution in [0.3, 0.4) is 0 Å². The molecule has 1 amide bonds. The van der Waals surface area contributed by atoms with E-state index in [1.165, 1.54) is 19.2 Å². The van der Waals surface area contributed by atoms with Crippen molar-refractivity contribution < 1.29 is 37.0 Å². The van der Waals surface area contributed by atoms with Crippen LogP contribution in [0, 0.1) is 12.8 Å². The van der Waals surface area contributed by atoms with E-state index in [2.05, 4.69) is 15.3 Å². The van der Waals surface area contributed by atoms with Gasteiger partial charge in [0.05, 0.1) is 30.6 Å². The summed E-state index contributed by atoms with van der Waals surface area (Å²) < 4.78 is 42.6. The van der Waals surface area contributed by atoms with Crippen LogP contribution < -0.4 is 5.32 Å². The molecule has 1 unspecified atom stereocenters. The molecule has 13 heteroatoms. The maximum absolute atomic E-state index is 12.8. The van der Waals surface area contributed by atoms with Crippen molar-refractivity contribution in [3.63, 3.8) is 0 Å². The molecule has 1 aliphatic carbocycles. The number of carbonyl (C=O) groups excluding carboxylic acids is 1. The number of hydrogen-bond acceptors (Lipinski definition) is 8. The van der Waals surface area contributed by atoms with Gasteiger partial charge in [-0.2, -0.15) is 13.2 Å². The van der Waals surface area contributed by atoms with Gasteiger partial charge in [0.25, 0.3) is 5.91 Å². The average Bonchev–Trinajstić information content (AvgIpc) is 3.26. The highest BCUT2D eigenvalue weighted by Crippen LogP contribution is 2.32. The van der Waals surface area contributed by atoms with E-state index in [-0.39, 0.29) is 11.9 Å². The van der Waals surface area contributed by atoms with Gasteiger partial charge in [-0.15, -0.1) is 11.3 Å². The van der Waals surface area contributed by atoms with Crippen LogP contribution in [0.15, 0.2) is 16.2 Å². The Labute approximate surface area is 179 Å². The minimum absolute atomic E-state index is 0.154. The van der Waals surface area contributed by atoms with Crippen LogP contribution in [0.5, 0.6) is 0 Å². The highest BCUT2D eigenvalue weighted by molar-refractivity contribution is 7.13. The average molecular weight is 462 g/mol. The zero-order valence-electron chi connectivity index (χ0n) is 16.5. The third kappa shape index (κ3) is 6.17. The van der Waals surface area contributed by atoms with Crippen LogP contribution in [0.25, 0.3) is 0 Å². The van der Waals surface area contributed by atoms with Crippen molar-refractivity contribution in [1.29, 1.82) is 0 Å². The van der Waals surface area contributed by atoms with Gasteiger partial charge in [-0.05, 0) is 25.7 Å². The Bertz CT molecular complexity index is 912. The first kappa shape index (κ1) is 23.0. The minimum atomic E-state index is -5.08. The number of aliphatic carboxylic acids is 1. The molecule has 1 atom stereocenters. The fourth-order valence-electron chi connectivity index (χ4n) is 2.80. The predicted molar refractivity (Wildman–Crippen MR) is 103 cm³/mol. The van der Waals surface area contributed by atoms with Gasteiger partial charge in [0.2, 0.25) is 5.76 Å². The van der Waals surface area contributed by atoms with Crippen LogP contribution in [0.2, 0.25) is 0 Å². The lowest BCUT2D eigenvalue weighted by molar-refractivity contribution is -0.192. The van der Waals surface area contributed by atoms with Crippen molar-refractivity contribution in [2.45, 2.75) is 32.0 Å². The number of nitrogens with one attached hydrogen (secondary N) is 1. The Kier molecular flexibility index (Phi) is 7.15. The molecular weight excluding hydrogens is 441 g/mol. The van der Waals surface area contributed by atoms with Crippen molar-refractivity contribution >= 4 is 28.3 Å². The zero-order valence-corrected chi connectivity index (χ0v) is 17.3. The van der Waals surface area contributed by atoms with Gasteiger partial charge >= 0.3 is 12.1 Å². The van der Waals surface area contributed by atoms with Crippen molar-refractivity contribution in [3.05, 3.63) is 28.9 Å². The van der Waals surface area contributed by atoms with E-state index in [1.54, 1.807) is 23.2 Å². The number of hydrogen-bond donors (Lipinski definition) is 2. The third-order valence-corrected chi connectivity index (χ3v) is 5.49. The molecule has 1 saturated carbocycles. The number of amides is 1. The van der Waals surface area contributed by atoms with Crippen LogP contribution in [0.1, 0.15) is 40.8 Å². The molecule has 0 aromatic carbocycles. The number of morpholine rings is 1. The number of ether oxygens (including phenoxy) is 1. The number of oxazole rings is 1. The molecule has 1 aliphatic heterocycles. The monoisotopic (exact) mass is 462 g/mol. The van der Waals surface area contributed by atoms with Crippen molar-refractivity contribution in [1.82, 2.24) is 14.9 Å². The fourth-order valence-corrected chi connectivity index (χ4v) is 3.57.